The van der Waals surface area contributed by atoms with Gasteiger partial charge in [-0.25, -0.2) is 4.79 Å². The Morgan fingerprint density at radius 3 is 3.00 bits per heavy atom. The summed E-state index contributed by atoms with van der Waals surface area (Å²) in [7, 11) is 1.31. The van der Waals surface area contributed by atoms with Gasteiger partial charge in [0.1, 0.15) is 6.04 Å². The van der Waals surface area contributed by atoms with Gasteiger partial charge < -0.3 is 13.9 Å². The molecule has 1 aliphatic rings. The van der Waals surface area contributed by atoms with Crippen LogP contribution < -0.4 is 0 Å². The van der Waals surface area contributed by atoms with Crippen LogP contribution in [0.4, 0.5) is 0 Å². The second-order valence-electron chi connectivity index (χ2n) is 4.65. The molecule has 6 nitrogen and oxygen atoms in total. The van der Waals surface area contributed by atoms with E-state index in [-0.39, 0.29) is 17.8 Å². The SMILES string of the molecule is CCOC(=O)C1CCCN1Cc1ccoc1C(=O)OC. The summed E-state index contributed by atoms with van der Waals surface area (Å²) in [6.45, 7) is 3.45. The van der Waals surface area contributed by atoms with Gasteiger partial charge in [-0.3, -0.25) is 9.69 Å². The van der Waals surface area contributed by atoms with Crippen LogP contribution in [-0.4, -0.2) is 43.1 Å². The van der Waals surface area contributed by atoms with Crippen molar-refractivity contribution in [1.82, 2.24) is 4.90 Å². The van der Waals surface area contributed by atoms with Gasteiger partial charge in [0.05, 0.1) is 20.0 Å². The van der Waals surface area contributed by atoms with Gasteiger partial charge in [-0.15, -0.1) is 0 Å². The number of rotatable bonds is 5. The third-order valence-corrected chi connectivity index (χ3v) is 3.41. The standard InChI is InChI=1S/C14H19NO5/c1-3-19-13(16)11-5-4-7-15(11)9-10-6-8-20-12(10)14(17)18-2/h6,8,11H,3-5,7,9H2,1-2H3. The van der Waals surface area contributed by atoms with E-state index in [0.717, 1.165) is 24.9 Å². The van der Waals surface area contributed by atoms with Gasteiger partial charge in [0, 0.05) is 12.1 Å². The van der Waals surface area contributed by atoms with Gasteiger partial charge in [0.15, 0.2) is 0 Å². The average Bonchev–Trinajstić information content (AvgIpc) is 3.08. The molecule has 2 rings (SSSR count). The summed E-state index contributed by atoms with van der Waals surface area (Å²) in [6.07, 6.45) is 3.18. The molecule has 1 aliphatic heterocycles. The number of ether oxygens (including phenoxy) is 2. The smallest absolute Gasteiger partial charge is 0.374 e. The van der Waals surface area contributed by atoms with Crippen molar-refractivity contribution in [3.8, 4) is 0 Å². The molecule has 0 amide bonds. The van der Waals surface area contributed by atoms with E-state index in [1.165, 1.54) is 13.4 Å². The number of carbonyl (C=O) groups excluding carboxylic acids is 2. The summed E-state index contributed by atoms with van der Waals surface area (Å²) < 4.78 is 14.9. The van der Waals surface area contributed by atoms with Crippen LogP contribution in [0.25, 0.3) is 0 Å². The van der Waals surface area contributed by atoms with Crippen molar-refractivity contribution in [2.45, 2.75) is 32.4 Å². The maximum atomic E-state index is 11.9. The molecular formula is C14H19NO5. The van der Waals surface area contributed by atoms with Crippen molar-refractivity contribution >= 4 is 11.9 Å². The molecule has 0 aliphatic carbocycles. The lowest BCUT2D eigenvalue weighted by Gasteiger charge is -2.22. The number of nitrogens with zero attached hydrogens (tertiary/aromatic N) is 1. The average molecular weight is 281 g/mol. The Kier molecular flexibility index (Phi) is 4.79. The lowest BCUT2D eigenvalue weighted by molar-refractivity contribution is -0.148. The highest BCUT2D eigenvalue weighted by Crippen LogP contribution is 2.23. The molecular weight excluding hydrogens is 262 g/mol. The van der Waals surface area contributed by atoms with Crippen LogP contribution in [0.3, 0.4) is 0 Å². The Balaban J connectivity index is 2.07. The van der Waals surface area contributed by atoms with Crippen LogP contribution in [0.1, 0.15) is 35.9 Å². The van der Waals surface area contributed by atoms with E-state index in [2.05, 4.69) is 4.74 Å². The molecule has 0 N–H and O–H groups in total. The van der Waals surface area contributed by atoms with Crippen molar-refractivity contribution in [1.29, 1.82) is 0 Å². The van der Waals surface area contributed by atoms with E-state index >= 15 is 0 Å². The Bertz CT molecular complexity index is 482. The molecule has 6 heteroatoms. The van der Waals surface area contributed by atoms with Gasteiger partial charge >= 0.3 is 11.9 Å². The fourth-order valence-electron chi connectivity index (χ4n) is 2.47. The van der Waals surface area contributed by atoms with Gasteiger partial charge in [-0.05, 0) is 32.4 Å². The van der Waals surface area contributed by atoms with Gasteiger partial charge in [-0.2, -0.15) is 0 Å². The minimum Gasteiger partial charge on any atom is -0.465 e. The van der Waals surface area contributed by atoms with Crippen LogP contribution in [-0.2, 0) is 20.8 Å². The molecule has 1 aromatic heterocycles. The number of esters is 2. The van der Waals surface area contributed by atoms with Crippen molar-refractivity contribution < 1.29 is 23.5 Å². The molecule has 2 heterocycles. The second kappa shape index (κ2) is 6.56. The number of methoxy groups -OCH3 is 1. The molecule has 1 unspecified atom stereocenters. The predicted octanol–water partition coefficient (Wildman–Crippen LogP) is 1.59. The highest BCUT2D eigenvalue weighted by Gasteiger charge is 2.33. The van der Waals surface area contributed by atoms with Crippen molar-refractivity contribution in [2.24, 2.45) is 0 Å². The molecule has 0 spiro atoms. The molecule has 1 saturated heterocycles. The quantitative estimate of drug-likeness (QED) is 0.763. The Morgan fingerprint density at radius 2 is 2.30 bits per heavy atom. The fraction of sp³-hybridized carbons (Fsp3) is 0.571. The molecule has 0 bridgehead atoms. The van der Waals surface area contributed by atoms with Crippen LogP contribution in [0.5, 0.6) is 0 Å². The molecule has 1 fully saturated rings. The molecule has 0 saturated carbocycles. The van der Waals surface area contributed by atoms with E-state index in [0.29, 0.717) is 13.2 Å². The molecule has 110 valence electrons. The first-order valence-corrected chi connectivity index (χ1v) is 6.72. The van der Waals surface area contributed by atoms with Crippen molar-refractivity contribution in [3.05, 3.63) is 23.7 Å². The number of furan rings is 1. The first-order chi connectivity index (χ1) is 9.67. The van der Waals surface area contributed by atoms with E-state index < -0.39 is 5.97 Å². The van der Waals surface area contributed by atoms with E-state index in [1.807, 2.05) is 4.90 Å². The topological polar surface area (TPSA) is 69.0 Å². The predicted molar refractivity (Wildman–Crippen MR) is 70.1 cm³/mol. The van der Waals surface area contributed by atoms with Gasteiger partial charge in [-0.1, -0.05) is 0 Å². The third-order valence-electron chi connectivity index (χ3n) is 3.41. The summed E-state index contributed by atoms with van der Waals surface area (Å²) in [4.78, 5) is 25.5. The normalized spacial score (nSPS) is 19.0. The number of likely N-dealkylation sites (tertiary alicyclic amines) is 1. The Hall–Kier alpha value is -1.82. The van der Waals surface area contributed by atoms with Crippen LogP contribution >= 0.6 is 0 Å². The first-order valence-electron chi connectivity index (χ1n) is 6.72. The zero-order valence-electron chi connectivity index (χ0n) is 11.8. The summed E-state index contributed by atoms with van der Waals surface area (Å²) >= 11 is 0. The van der Waals surface area contributed by atoms with E-state index in [4.69, 9.17) is 9.15 Å². The molecule has 1 aromatic rings. The maximum absolute atomic E-state index is 11.9. The minimum atomic E-state index is -0.503. The van der Waals surface area contributed by atoms with E-state index in [9.17, 15) is 9.59 Å². The van der Waals surface area contributed by atoms with Crippen LogP contribution in [0.15, 0.2) is 16.7 Å². The van der Waals surface area contributed by atoms with Crippen molar-refractivity contribution in [2.75, 3.05) is 20.3 Å². The summed E-state index contributed by atoms with van der Waals surface area (Å²) in [5, 5.41) is 0. The van der Waals surface area contributed by atoms with Gasteiger partial charge in [0.2, 0.25) is 5.76 Å². The minimum absolute atomic E-state index is 0.196. The largest absolute Gasteiger partial charge is 0.465 e. The third kappa shape index (κ3) is 3.01. The Morgan fingerprint density at radius 1 is 1.50 bits per heavy atom. The van der Waals surface area contributed by atoms with Crippen LogP contribution in [0.2, 0.25) is 0 Å². The van der Waals surface area contributed by atoms with Gasteiger partial charge in [0.25, 0.3) is 0 Å². The number of carbonyl (C=O) groups is 2. The zero-order chi connectivity index (χ0) is 14.5. The zero-order valence-corrected chi connectivity index (χ0v) is 11.8. The lowest BCUT2D eigenvalue weighted by Crippen LogP contribution is -2.37. The fourth-order valence-corrected chi connectivity index (χ4v) is 2.47. The molecule has 0 aromatic carbocycles. The number of hydrogen-bond acceptors (Lipinski definition) is 6. The summed E-state index contributed by atoms with van der Waals surface area (Å²) in [5.74, 6) is -0.507. The summed E-state index contributed by atoms with van der Waals surface area (Å²) in [6, 6.07) is 1.49. The molecule has 0 radical (unpaired) electrons. The van der Waals surface area contributed by atoms with Crippen molar-refractivity contribution in [3.63, 3.8) is 0 Å². The molecule has 1 atom stereocenters. The van der Waals surface area contributed by atoms with Crippen LogP contribution in [0, 0.1) is 0 Å². The highest BCUT2D eigenvalue weighted by atomic mass is 16.5. The Labute approximate surface area is 117 Å². The second-order valence-corrected chi connectivity index (χ2v) is 4.65. The summed E-state index contributed by atoms with van der Waals surface area (Å²) in [5.41, 5.74) is 0.730. The molecule has 20 heavy (non-hydrogen) atoms. The monoisotopic (exact) mass is 281 g/mol. The lowest BCUT2D eigenvalue weighted by atomic mass is 10.2. The number of hydrogen-bond donors (Lipinski definition) is 0. The maximum Gasteiger partial charge on any atom is 0.374 e. The highest BCUT2D eigenvalue weighted by molar-refractivity contribution is 5.87. The van der Waals surface area contributed by atoms with E-state index in [1.54, 1.807) is 13.0 Å². The first kappa shape index (κ1) is 14.6.